The van der Waals surface area contributed by atoms with E-state index in [-0.39, 0.29) is 12.4 Å². The number of hydrogen-bond acceptors (Lipinski definition) is 9. The average molecular weight is 398 g/mol. The van der Waals surface area contributed by atoms with E-state index in [9.17, 15) is 4.79 Å². The van der Waals surface area contributed by atoms with Gasteiger partial charge in [0.25, 0.3) is 0 Å². The molecule has 1 aliphatic heterocycles. The fraction of sp³-hybridized carbons (Fsp3) is 0.368. The largest absolute Gasteiger partial charge is 0.497 e. The van der Waals surface area contributed by atoms with Crippen LogP contribution >= 0.6 is 0 Å². The summed E-state index contributed by atoms with van der Waals surface area (Å²) in [7, 11) is 3.15. The highest BCUT2D eigenvalue weighted by molar-refractivity contribution is 5.82. The average Bonchev–Trinajstić information content (AvgIpc) is 2.76. The van der Waals surface area contributed by atoms with Crippen molar-refractivity contribution in [3.8, 4) is 11.5 Å². The number of rotatable bonds is 5. The monoisotopic (exact) mass is 398 g/mol. The number of benzene rings is 1. The predicted octanol–water partition coefficient (Wildman–Crippen LogP) is 0.671. The number of fused-ring (bicyclic) bond motifs is 1. The molecule has 1 saturated heterocycles. The van der Waals surface area contributed by atoms with Crippen molar-refractivity contribution in [3.63, 3.8) is 0 Å². The molecule has 0 unspecified atom stereocenters. The van der Waals surface area contributed by atoms with Gasteiger partial charge in [0, 0.05) is 19.2 Å². The third-order valence-corrected chi connectivity index (χ3v) is 4.77. The van der Waals surface area contributed by atoms with Gasteiger partial charge in [-0.2, -0.15) is 4.98 Å². The van der Waals surface area contributed by atoms with Gasteiger partial charge in [-0.1, -0.05) is 0 Å². The normalized spacial score (nSPS) is 14.2. The molecule has 0 atom stereocenters. The number of nitrogens with zero attached hydrogens (tertiary/aromatic N) is 5. The molecule has 2 N–H and O–H groups in total. The van der Waals surface area contributed by atoms with Crippen LogP contribution in [-0.4, -0.2) is 60.0 Å². The predicted molar refractivity (Wildman–Crippen MR) is 108 cm³/mol. The fourth-order valence-electron chi connectivity index (χ4n) is 3.27. The highest BCUT2D eigenvalue weighted by atomic mass is 16.5. The van der Waals surface area contributed by atoms with E-state index in [4.69, 9.17) is 24.9 Å². The molecule has 1 fully saturated rings. The minimum Gasteiger partial charge on any atom is -0.497 e. The van der Waals surface area contributed by atoms with Crippen LogP contribution in [0.25, 0.3) is 11.2 Å². The number of anilines is 2. The molecule has 0 amide bonds. The molecule has 29 heavy (non-hydrogen) atoms. The van der Waals surface area contributed by atoms with Crippen molar-refractivity contribution in [3.05, 3.63) is 40.4 Å². The first-order chi connectivity index (χ1) is 14.1. The van der Waals surface area contributed by atoms with Crippen LogP contribution in [0.3, 0.4) is 0 Å². The maximum Gasteiger partial charge on any atom is 0.351 e. The smallest absolute Gasteiger partial charge is 0.351 e. The van der Waals surface area contributed by atoms with Gasteiger partial charge in [0.1, 0.15) is 22.8 Å². The number of nitrogens with two attached hydrogens (primary N) is 1. The van der Waals surface area contributed by atoms with Crippen LogP contribution in [0.2, 0.25) is 0 Å². The summed E-state index contributed by atoms with van der Waals surface area (Å²) in [4.78, 5) is 27.8. The zero-order chi connectivity index (χ0) is 20.4. The number of nitrogen functional groups attached to an aromatic ring is 1. The number of morpholine rings is 1. The maximum atomic E-state index is 12.7. The van der Waals surface area contributed by atoms with Gasteiger partial charge in [-0.3, -0.25) is 4.57 Å². The topological polar surface area (TPSA) is 118 Å². The fourth-order valence-corrected chi connectivity index (χ4v) is 3.27. The van der Waals surface area contributed by atoms with Crippen LogP contribution in [0.5, 0.6) is 11.5 Å². The van der Waals surface area contributed by atoms with E-state index in [1.54, 1.807) is 26.5 Å². The molecule has 3 heterocycles. The van der Waals surface area contributed by atoms with E-state index in [0.29, 0.717) is 54.8 Å². The van der Waals surface area contributed by atoms with Gasteiger partial charge in [-0.25, -0.2) is 14.8 Å². The number of ether oxygens (including phenoxy) is 3. The van der Waals surface area contributed by atoms with E-state index < -0.39 is 5.69 Å². The van der Waals surface area contributed by atoms with Crippen LogP contribution in [0.1, 0.15) is 5.56 Å². The first-order valence-electron chi connectivity index (χ1n) is 9.16. The lowest BCUT2D eigenvalue weighted by Gasteiger charge is -2.27. The molecule has 2 aromatic heterocycles. The van der Waals surface area contributed by atoms with E-state index in [0.717, 1.165) is 5.56 Å². The Morgan fingerprint density at radius 2 is 1.79 bits per heavy atom. The molecule has 0 aliphatic carbocycles. The van der Waals surface area contributed by atoms with Crippen LogP contribution < -0.4 is 25.8 Å². The molecule has 1 aromatic carbocycles. The van der Waals surface area contributed by atoms with Crippen molar-refractivity contribution in [2.75, 3.05) is 51.2 Å². The molecule has 4 rings (SSSR count). The van der Waals surface area contributed by atoms with Crippen molar-refractivity contribution in [1.82, 2.24) is 19.5 Å². The van der Waals surface area contributed by atoms with Crippen molar-refractivity contribution in [2.24, 2.45) is 0 Å². The Balaban J connectivity index is 1.81. The van der Waals surface area contributed by atoms with E-state index in [2.05, 4.69) is 14.9 Å². The zero-order valence-electron chi connectivity index (χ0n) is 16.3. The Hall–Kier alpha value is -3.40. The third kappa shape index (κ3) is 3.79. The molecular formula is C19H22N6O4. The van der Waals surface area contributed by atoms with E-state index in [1.165, 1.54) is 4.57 Å². The van der Waals surface area contributed by atoms with Crippen LogP contribution in [0, 0.1) is 0 Å². The minimum absolute atomic E-state index is 0.0606. The van der Waals surface area contributed by atoms with Crippen LogP contribution in [-0.2, 0) is 11.3 Å². The van der Waals surface area contributed by atoms with Crippen molar-refractivity contribution in [2.45, 2.75) is 6.54 Å². The van der Waals surface area contributed by atoms with Crippen molar-refractivity contribution in [1.29, 1.82) is 0 Å². The molecule has 152 valence electrons. The quantitative estimate of drug-likeness (QED) is 0.661. The molecular weight excluding hydrogens is 376 g/mol. The highest BCUT2D eigenvalue weighted by Gasteiger charge is 2.17. The molecule has 10 heteroatoms. The Kier molecular flexibility index (Phi) is 5.17. The Morgan fingerprint density at radius 3 is 2.45 bits per heavy atom. The van der Waals surface area contributed by atoms with Crippen LogP contribution in [0.15, 0.2) is 29.2 Å². The summed E-state index contributed by atoms with van der Waals surface area (Å²) in [6.45, 7) is 2.87. The lowest BCUT2D eigenvalue weighted by atomic mass is 10.2. The number of methoxy groups -OCH3 is 2. The lowest BCUT2D eigenvalue weighted by molar-refractivity contribution is 0.122. The van der Waals surface area contributed by atoms with Gasteiger partial charge in [0.05, 0.1) is 40.2 Å². The molecule has 0 spiro atoms. The summed E-state index contributed by atoms with van der Waals surface area (Å²) in [5, 5.41) is 0. The second kappa shape index (κ2) is 7.92. The van der Waals surface area contributed by atoms with Gasteiger partial charge < -0.3 is 24.8 Å². The Labute approximate surface area is 166 Å². The minimum atomic E-state index is -0.495. The molecule has 0 radical (unpaired) electrons. The van der Waals surface area contributed by atoms with E-state index >= 15 is 0 Å². The Bertz CT molecular complexity index is 1070. The summed E-state index contributed by atoms with van der Waals surface area (Å²) < 4.78 is 17.5. The highest BCUT2D eigenvalue weighted by Crippen LogP contribution is 2.24. The lowest BCUT2D eigenvalue weighted by Crippen LogP contribution is -2.37. The second-order valence-corrected chi connectivity index (χ2v) is 6.59. The van der Waals surface area contributed by atoms with Gasteiger partial charge in [-0.05, 0) is 17.7 Å². The van der Waals surface area contributed by atoms with Crippen molar-refractivity contribution >= 4 is 22.8 Å². The molecule has 1 aliphatic rings. The second-order valence-electron chi connectivity index (χ2n) is 6.59. The first kappa shape index (κ1) is 18.9. The van der Waals surface area contributed by atoms with Gasteiger partial charge in [-0.15, -0.1) is 0 Å². The first-order valence-corrected chi connectivity index (χ1v) is 9.16. The molecule has 10 nitrogen and oxygen atoms in total. The van der Waals surface area contributed by atoms with Gasteiger partial charge in [0.2, 0.25) is 0 Å². The summed E-state index contributed by atoms with van der Waals surface area (Å²) in [6, 6.07) is 5.43. The summed E-state index contributed by atoms with van der Waals surface area (Å²) in [5.74, 6) is 1.98. The van der Waals surface area contributed by atoms with Crippen LogP contribution in [0.4, 0.5) is 11.6 Å². The molecule has 0 bridgehead atoms. The number of aromatic nitrogens is 4. The molecule has 0 saturated carbocycles. The summed E-state index contributed by atoms with van der Waals surface area (Å²) in [6.07, 6.45) is 1.65. The third-order valence-electron chi connectivity index (χ3n) is 4.77. The van der Waals surface area contributed by atoms with E-state index in [1.807, 2.05) is 12.1 Å². The van der Waals surface area contributed by atoms with Gasteiger partial charge in [0.15, 0.2) is 11.5 Å². The Morgan fingerprint density at radius 1 is 1.10 bits per heavy atom. The maximum absolute atomic E-state index is 12.7. The number of hydrogen-bond donors (Lipinski definition) is 1. The van der Waals surface area contributed by atoms with Gasteiger partial charge >= 0.3 is 5.69 Å². The molecule has 3 aromatic rings. The van der Waals surface area contributed by atoms with Crippen molar-refractivity contribution < 1.29 is 14.2 Å². The SMILES string of the molecule is COc1cc(Cn2c(=O)nc(N)c3ncc(N4CCOCC4)nc32)cc(OC)c1. The summed E-state index contributed by atoms with van der Waals surface area (Å²) in [5.41, 5.74) is 7.01. The zero-order valence-corrected chi connectivity index (χ0v) is 16.3. The standard InChI is InChI=1S/C19H22N6O4/c1-27-13-7-12(8-14(9-13)28-2)11-25-18-16(17(20)23-19(25)26)21-10-15(22-18)24-3-5-29-6-4-24/h7-10H,3-6,11H2,1-2H3,(H2,20,23,26). The summed E-state index contributed by atoms with van der Waals surface area (Å²) >= 11 is 0.